The number of likely N-dealkylation sites (tertiary alicyclic amines) is 2. The molecule has 2 aliphatic heterocycles. The van der Waals surface area contributed by atoms with E-state index < -0.39 is 0 Å². The summed E-state index contributed by atoms with van der Waals surface area (Å²) in [5.41, 5.74) is 5.78. The van der Waals surface area contributed by atoms with Crippen LogP contribution in [0.4, 0.5) is 0 Å². The summed E-state index contributed by atoms with van der Waals surface area (Å²) in [5.74, 6) is 1.29. The monoisotopic (exact) mass is 267 g/mol. The number of fused-ring (bicyclic) bond motifs is 1. The van der Waals surface area contributed by atoms with E-state index in [1.807, 2.05) is 0 Å². The molecule has 110 valence electrons. The lowest BCUT2D eigenvalue weighted by Gasteiger charge is -2.46. The van der Waals surface area contributed by atoms with Gasteiger partial charge in [-0.05, 0) is 44.7 Å². The molecule has 2 heterocycles. The fraction of sp³-hybridized carbons (Fsp3) is 0.933. The molecule has 0 aromatic heterocycles. The predicted molar refractivity (Wildman–Crippen MR) is 77.7 cm³/mol. The standard InChI is InChI=1S/C15H29N3O/c1-11(2)13(9-16)15(19)18-8-6-14-12(10-18)5-4-7-17(14)3/h11-14H,4-10,16H2,1-3H3. The average Bonchev–Trinajstić information content (AvgIpc) is 2.39. The highest BCUT2D eigenvalue weighted by Gasteiger charge is 2.37. The number of hydrogen-bond acceptors (Lipinski definition) is 3. The molecule has 0 aromatic rings. The Morgan fingerprint density at radius 1 is 1.32 bits per heavy atom. The van der Waals surface area contributed by atoms with Gasteiger partial charge in [-0.2, -0.15) is 0 Å². The topological polar surface area (TPSA) is 49.6 Å². The fourth-order valence-corrected chi connectivity index (χ4v) is 3.75. The lowest BCUT2D eigenvalue weighted by molar-refractivity contribution is -0.140. The third-order valence-electron chi connectivity index (χ3n) is 5.03. The van der Waals surface area contributed by atoms with Crippen molar-refractivity contribution in [3.8, 4) is 0 Å². The molecule has 0 spiro atoms. The van der Waals surface area contributed by atoms with Gasteiger partial charge >= 0.3 is 0 Å². The minimum absolute atomic E-state index is 0.00197. The van der Waals surface area contributed by atoms with Gasteiger partial charge < -0.3 is 15.5 Å². The van der Waals surface area contributed by atoms with Crippen LogP contribution in [0.1, 0.15) is 33.1 Å². The van der Waals surface area contributed by atoms with Gasteiger partial charge in [0.05, 0.1) is 5.92 Å². The molecule has 2 saturated heterocycles. The zero-order valence-electron chi connectivity index (χ0n) is 12.6. The Morgan fingerprint density at radius 2 is 2.05 bits per heavy atom. The van der Waals surface area contributed by atoms with Crippen LogP contribution in [0.3, 0.4) is 0 Å². The molecule has 3 unspecified atom stereocenters. The quantitative estimate of drug-likeness (QED) is 0.835. The summed E-state index contributed by atoms with van der Waals surface area (Å²) < 4.78 is 0. The van der Waals surface area contributed by atoms with Crippen molar-refractivity contribution in [3.63, 3.8) is 0 Å². The van der Waals surface area contributed by atoms with Crippen LogP contribution in [0.5, 0.6) is 0 Å². The van der Waals surface area contributed by atoms with E-state index in [2.05, 4.69) is 30.7 Å². The molecule has 2 rings (SSSR count). The Morgan fingerprint density at radius 3 is 2.68 bits per heavy atom. The summed E-state index contributed by atoms with van der Waals surface area (Å²) >= 11 is 0. The van der Waals surface area contributed by atoms with E-state index in [0.717, 1.165) is 19.5 Å². The van der Waals surface area contributed by atoms with Crippen LogP contribution in [0.2, 0.25) is 0 Å². The molecule has 0 aliphatic carbocycles. The molecule has 4 heteroatoms. The molecular formula is C15H29N3O. The number of nitrogens with two attached hydrogens (primary N) is 1. The third kappa shape index (κ3) is 3.11. The average molecular weight is 267 g/mol. The number of amides is 1. The lowest BCUT2D eigenvalue weighted by atomic mass is 9.83. The highest BCUT2D eigenvalue weighted by Crippen LogP contribution is 2.30. The molecule has 0 radical (unpaired) electrons. The molecule has 0 saturated carbocycles. The second-order valence-corrected chi connectivity index (χ2v) is 6.61. The summed E-state index contributed by atoms with van der Waals surface area (Å²) in [6.07, 6.45) is 3.67. The number of nitrogens with zero attached hydrogens (tertiary/aromatic N) is 2. The van der Waals surface area contributed by atoms with E-state index in [9.17, 15) is 4.79 Å². The van der Waals surface area contributed by atoms with E-state index in [4.69, 9.17) is 5.73 Å². The second kappa shape index (κ2) is 6.23. The Balaban J connectivity index is 1.98. The summed E-state index contributed by atoms with van der Waals surface area (Å²) in [6.45, 7) is 7.73. The normalized spacial score (nSPS) is 30.3. The van der Waals surface area contributed by atoms with Crippen molar-refractivity contribution in [2.45, 2.75) is 39.2 Å². The van der Waals surface area contributed by atoms with Crippen LogP contribution in [0, 0.1) is 17.8 Å². The van der Waals surface area contributed by atoms with Gasteiger partial charge in [0.1, 0.15) is 0 Å². The van der Waals surface area contributed by atoms with Crippen LogP contribution in [-0.4, -0.2) is 55.0 Å². The Bertz CT molecular complexity index is 319. The van der Waals surface area contributed by atoms with Gasteiger partial charge in [-0.3, -0.25) is 4.79 Å². The molecule has 2 N–H and O–H groups in total. The van der Waals surface area contributed by atoms with Gasteiger partial charge in [0, 0.05) is 25.7 Å². The van der Waals surface area contributed by atoms with Gasteiger partial charge in [-0.15, -0.1) is 0 Å². The molecule has 2 fully saturated rings. The van der Waals surface area contributed by atoms with E-state index in [1.54, 1.807) is 0 Å². The SMILES string of the molecule is CC(C)C(CN)C(=O)N1CCC2C(CCCN2C)C1. The molecule has 4 nitrogen and oxygen atoms in total. The van der Waals surface area contributed by atoms with E-state index in [-0.39, 0.29) is 11.8 Å². The smallest absolute Gasteiger partial charge is 0.227 e. The largest absolute Gasteiger partial charge is 0.342 e. The third-order valence-corrected chi connectivity index (χ3v) is 5.03. The van der Waals surface area contributed by atoms with Crippen molar-refractivity contribution in [1.29, 1.82) is 0 Å². The number of piperidine rings is 2. The number of hydrogen-bond donors (Lipinski definition) is 1. The van der Waals surface area contributed by atoms with Crippen LogP contribution < -0.4 is 5.73 Å². The van der Waals surface area contributed by atoms with E-state index >= 15 is 0 Å². The van der Waals surface area contributed by atoms with E-state index in [0.29, 0.717) is 24.4 Å². The Hall–Kier alpha value is -0.610. The van der Waals surface area contributed by atoms with Gasteiger partial charge in [0.2, 0.25) is 5.91 Å². The maximum atomic E-state index is 12.6. The van der Waals surface area contributed by atoms with Crippen LogP contribution in [0.15, 0.2) is 0 Å². The Kier molecular flexibility index (Phi) is 4.85. The molecule has 1 amide bonds. The molecule has 19 heavy (non-hydrogen) atoms. The first kappa shape index (κ1) is 14.8. The summed E-state index contributed by atoms with van der Waals surface area (Å²) in [7, 11) is 2.23. The van der Waals surface area contributed by atoms with Crippen molar-refractivity contribution in [1.82, 2.24) is 9.80 Å². The molecule has 0 bridgehead atoms. The predicted octanol–water partition coefficient (Wildman–Crippen LogP) is 1.16. The van der Waals surface area contributed by atoms with Crippen LogP contribution in [-0.2, 0) is 4.79 Å². The van der Waals surface area contributed by atoms with Gasteiger partial charge in [0.25, 0.3) is 0 Å². The summed E-state index contributed by atoms with van der Waals surface area (Å²) in [4.78, 5) is 17.1. The first-order valence-electron chi connectivity index (χ1n) is 7.73. The maximum Gasteiger partial charge on any atom is 0.227 e. The second-order valence-electron chi connectivity index (χ2n) is 6.61. The number of carbonyl (C=O) groups excluding carboxylic acids is 1. The zero-order chi connectivity index (χ0) is 14.0. The van der Waals surface area contributed by atoms with E-state index in [1.165, 1.54) is 19.4 Å². The van der Waals surface area contributed by atoms with Crippen molar-refractivity contribution in [2.24, 2.45) is 23.5 Å². The van der Waals surface area contributed by atoms with Crippen LogP contribution in [0.25, 0.3) is 0 Å². The highest BCUT2D eigenvalue weighted by molar-refractivity contribution is 5.79. The molecule has 2 aliphatic rings. The molecular weight excluding hydrogens is 238 g/mol. The first-order chi connectivity index (χ1) is 9.04. The highest BCUT2D eigenvalue weighted by atomic mass is 16.2. The zero-order valence-corrected chi connectivity index (χ0v) is 12.6. The van der Waals surface area contributed by atoms with Crippen molar-refractivity contribution >= 4 is 5.91 Å². The van der Waals surface area contributed by atoms with Gasteiger partial charge in [0.15, 0.2) is 0 Å². The lowest BCUT2D eigenvalue weighted by Crippen LogP contribution is -2.55. The Labute approximate surface area is 117 Å². The van der Waals surface area contributed by atoms with Crippen molar-refractivity contribution in [3.05, 3.63) is 0 Å². The van der Waals surface area contributed by atoms with Crippen LogP contribution >= 0.6 is 0 Å². The molecule has 0 aromatic carbocycles. The maximum absolute atomic E-state index is 12.6. The van der Waals surface area contributed by atoms with Gasteiger partial charge in [-0.1, -0.05) is 13.8 Å². The summed E-state index contributed by atoms with van der Waals surface area (Å²) in [6, 6.07) is 0.688. The van der Waals surface area contributed by atoms with Gasteiger partial charge in [-0.25, -0.2) is 0 Å². The first-order valence-corrected chi connectivity index (χ1v) is 7.73. The summed E-state index contributed by atoms with van der Waals surface area (Å²) in [5, 5.41) is 0. The number of carbonyl (C=O) groups is 1. The number of rotatable bonds is 3. The fourth-order valence-electron chi connectivity index (χ4n) is 3.75. The molecule has 3 atom stereocenters. The minimum Gasteiger partial charge on any atom is -0.342 e. The van der Waals surface area contributed by atoms with Crippen molar-refractivity contribution in [2.75, 3.05) is 33.2 Å². The minimum atomic E-state index is -0.00197. The van der Waals surface area contributed by atoms with Crippen molar-refractivity contribution < 1.29 is 4.79 Å².